The van der Waals surface area contributed by atoms with Gasteiger partial charge in [-0.1, -0.05) is 36.4 Å². The van der Waals surface area contributed by atoms with E-state index in [1.807, 2.05) is 6.07 Å². The van der Waals surface area contributed by atoms with Crippen LogP contribution in [0.15, 0.2) is 93.6 Å². The van der Waals surface area contributed by atoms with E-state index in [0.717, 1.165) is 0 Å². The molecule has 0 radical (unpaired) electrons. The van der Waals surface area contributed by atoms with Crippen molar-refractivity contribution in [3.63, 3.8) is 0 Å². The molecular weight excluding hydrogens is 444 g/mol. The zero-order chi connectivity index (χ0) is 23.0. The van der Waals surface area contributed by atoms with Crippen molar-refractivity contribution in [2.75, 3.05) is 12.1 Å². The number of carbonyl (C=O) groups is 1. The molecule has 1 aromatic heterocycles. The number of nitrogens with one attached hydrogen (secondary N) is 1. The fourth-order valence-corrected chi connectivity index (χ4v) is 5.07. The van der Waals surface area contributed by atoms with Crippen molar-refractivity contribution in [1.29, 1.82) is 0 Å². The smallest absolute Gasteiger partial charge is 0.244 e. The predicted molar refractivity (Wildman–Crippen MR) is 121 cm³/mol. The fourth-order valence-electron chi connectivity index (χ4n) is 3.68. The summed E-state index contributed by atoms with van der Waals surface area (Å²) in [5, 5.41) is 2.88. The topological polar surface area (TPSA) is 104 Å². The number of carbonyl (C=O) groups excluding carboxylic acids is 1. The van der Waals surface area contributed by atoms with Gasteiger partial charge >= 0.3 is 0 Å². The molecule has 8 nitrogen and oxygen atoms in total. The number of anilines is 1. The van der Waals surface area contributed by atoms with E-state index in [9.17, 15) is 18.0 Å². The van der Waals surface area contributed by atoms with Crippen molar-refractivity contribution >= 4 is 32.3 Å². The molecule has 0 saturated carbocycles. The number of pyridine rings is 1. The third-order valence-electron chi connectivity index (χ3n) is 5.26. The molecule has 1 aliphatic rings. The quantitative estimate of drug-likeness (QED) is 0.489. The first-order valence-electron chi connectivity index (χ1n) is 10.1. The summed E-state index contributed by atoms with van der Waals surface area (Å²) in [4.78, 5) is 25.6. The lowest BCUT2D eigenvalue weighted by Gasteiger charge is -2.15. The van der Waals surface area contributed by atoms with Gasteiger partial charge in [0, 0.05) is 18.0 Å². The monoisotopic (exact) mass is 462 g/mol. The second-order valence-electron chi connectivity index (χ2n) is 7.40. The number of benzene rings is 3. The van der Waals surface area contributed by atoms with Gasteiger partial charge < -0.3 is 19.4 Å². The van der Waals surface area contributed by atoms with Crippen molar-refractivity contribution in [3.05, 3.63) is 89.2 Å². The van der Waals surface area contributed by atoms with E-state index in [-0.39, 0.29) is 29.5 Å². The van der Waals surface area contributed by atoms with Gasteiger partial charge in [0.05, 0.1) is 15.8 Å². The molecule has 3 aromatic carbocycles. The summed E-state index contributed by atoms with van der Waals surface area (Å²) in [5.41, 5.74) is 0.286. The number of nitrogens with zero attached hydrogens (tertiary/aromatic N) is 1. The Morgan fingerprint density at radius 3 is 2.27 bits per heavy atom. The summed E-state index contributed by atoms with van der Waals surface area (Å²) in [6, 6.07) is 19.6. The molecule has 0 aliphatic carbocycles. The van der Waals surface area contributed by atoms with Crippen LogP contribution in [0.5, 0.6) is 11.5 Å². The highest BCUT2D eigenvalue weighted by atomic mass is 32.2. The molecule has 9 heteroatoms. The first-order valence-corrected chi connectivity index (χ1v) is 11.5. The van der Waals surface area contributed by atoms with Crippen molar-refractivity contribution in [3.8, 4) is 11.5 Å². The Balaban J connectivity index is 1.66. The van der Waals surface area contributed by atoms with Crippen molar-refractivity contribution in [2.45, 2.75) is 16.3 Å². The van der Waals surface area contributed by atoms with Gasteiger partial charge in [-0.25, -0.2) is 8.42 Å². The van der Waals surface area contributed by atoms with Crippen molar-refractivity contribution in [1.82, 2.24) is 4.57 Å². The summed E-state index contributed by atoms with van der Waals surface area (Å²) in [6.07, 6.45) is 1.21. The SMILES string of the molecule is O=C(Cn1cc(S(=O)(=O)c2ccccc2)c(=O)c2cc3c(cc21)OCO3)Nc1ccccc1. The predicted octanol–water partition coefficient (Wildman–Crippen LogP) is 3.20. The van der Waals surface area contributed by atoms with Gasteiger partial charge in [0.25, 0.3) is 0 Å². The summed E-state index contributed by atoms with van der Waals surface area (Å²) in [5.74, 6) is 0.374. The molecule has 0 bridgehead atoms. The zero-order valence-electron chi connectivity index (χ0n) is 17.2. The van der Waals surface area contributed by atoms with Crippen LogP contribution in [0.25, 0.3) is 10.9 Å². The lowest BCUT2D eigenvalue weighted by atomic mass is 10.2. The molecule has 0 spiro atoms. The number of amides is 1. The number of para-hydroxylation sites is 1. The first-order chi connectivity index (χ1) is 15.9. The van der Waals surface area contributed by atoms with Crippen LogP contribution < -0.4 is 20.2 Å². The fraction of sp³-hybridized carbons (Fsp3) is 0.0833. The number of fused-ring (bicyclic) bond motifs is 2. The van der Waals surface area contributed by atoms with Gasteiger partial charge in [-0.15, -0.1) is 0 Å². The summed E-state index contributed by atoms with van der Waals surface area (Å²) in [7, 11) is -4.13. The van der Waals surface area contributed by atoms with Crippen molar-refractivity contribution in [2.24, 2.45) is 0 Å². The van der Waals surface area contributed by atoms with Gasteiger partial charge in [-0.05, 0) is 30.3 Å². The maximum absolute atomic E-state index is 13.3. The Labute approximate surface area is 188 Å². The molecular formula is C24H18N2O6S. The van der Waals surface area contributed by atoms with Crippen LogP contribution in [0.3, 0.4) is 0 Å². The molecule has 33 heavy (non-hydrogen) atoms. The highest BCUT2D eigenvalue weighted by Crippen LogP contribution is 2.35. The second kappa shape index (κ2) is 8.10. The molecule has 0 fully saturated rings. The summed E-state index contributed by atoms with van der Waals surface area (Å²) in [6.45, 7) is -0.230. The largest absolute Gasteiger partial charge is 0.454 e. The standard InChI is InChI=1S/C24H18N2O6S/c27-23(25-16-7-3-1-4-8-16)14-26-13-22(33(29,30)17-9-5-2-6-10-17)24(28)18-11-20-21(12-19(18)26)32-15-31-20/h1-13H,14-15H2,(H,25,27). The summed E-state index contributed by atoms with van der Waals surface area (Å²) >= 11 is 0. The van der Waals surface area contributed by atoms with E-state index in [1.54, 1.807) is 48.5 Å². The lowest BCUT2D eigenvalue weighted by molar-refractivity contribution is -0.116. The Morgan fingerprint density at radius 1 is 0.939 bits per heavy atom. The lowest BCUT2D eigenvalue weighted by Crippen LogP contribution is -2.24. The first kappa shape index (κ1) is 20.8. The Hall–Kier alpha value is -4.11. The second-order valence-corrected chi connectivity index (χ2v) is 9.32. The molecule has 2 heterocycles. The average Bonchev–Trinajstić information content (AvgIpc) is 3.28. The van der Waals surface area contributed by atoms with Crippen molar-refractivity contribution < 1.29 is 22.7 Å². The van der Waals surface area contributed by atoms with Gasteiger partial charge in [0.1, 0.15) is 11.4 Å². The minimum Gasteiger partial charge on any atom is -0.454 e. The molecule has 0 unspecified atom stereocenters. The van der Waals surface area contributed by atoms with Crippen LogP contribution in [0.1, 0.15) is 0 Å². The maximum atomic E-state index is 13.3. The van der Waals surface area contributed by atoms with E-state index in [1.165, 1.54) is 29.0 Å². The maximum Gasteiger partial charge on any atom is 0.244 e. The number of ether oxygens (including phenoxy) is 2. The van der Waals surface area contributed by atoms with Gasteiger partial charge in [0.15, 0.2) is 11.5 Å². The van der Waals surface area contributed by atoms with Crippen LogP contribution in [-0.4, -0.2) is 25.7 Å². The Morgan fingerprint density at radius 2 is 1.58 bits per heavy atom. The molecule has 0 atom stereocenters. The highest BCUT2D eigenvalue weighted by Gasteiger charge is 2.26. The van der Waals surface area contributed by atoms with Crippen LogP contribution in [0.2, 0.25) is 0 Å². The number of aromatic nitrogens is 1. The van der Waals surface area contributed by atoms with E-state index in [2.05, 4.69) is 5.32 Å². The van der Waals surface area contributed by atoms with E-state index in [0.29, 0.717) is 22.7 Å². The molecule has 0 saturated heterocycles. The van der Waals surface area contributed by atoms with Gasteiger partial charge in [-0.2, -0.15) is 0 Å². The minimum atomic E-state index is -4.13. The van der Waals surface area contributed by atoms with Crippen LogP contribution >= 0.6 is 0 Å². The van der Waals surface area contributed by atoms with Crippen LogP contribution in [-0.2, 0) is 21.2 Å². The Kier molecular flexibility index (Phi) is 5.10. The van der Waals surface area contributed by atoms with Gasteiger partial charge in [0.2, 0.25) is 28.0 Å². The normalized spacial score (nSPS) is 12.6. The minimum absolute atomic E-state index is 0.0104. The summed E-state index contributed by atoms with van der Waals surface area (Å²) < 4.78 is 38.8. The molecule has 1 aliphatic heterocycles. The number of hydrogen-bond acceptors (Lipinski definition) is 6. The number of hydrogen-bond donors (Lipinski definition) is 1. The average molecular weight is 462 g/mol. The molecule has 5 rings (SSSR count). The Bertz CT molecular complexity index is 1530. The third-order valence-corrected chi connectivity index (χ3v) is 7.02. The van der Waals surface area contributed by atoms with Crippen LogP contribution in [0.4, 0.5) is 5.69 Å². The zero-order valence-corrected chi connectivity index (χ0v) is 18.0. The van der Waals surface area contributed by atoms with Gasteiger partial charge in [-0.3, -0.25) is 9.59 Å². The van der Waals surface area contributed by atoms with E-state index < -0.39 is 20.2 Å². The highest BCUT2D eigenvalue weighted by molar-refractivity contribution is 7.91. The van der Waals surface area contributed by atoms with E-state index in [4.69, 9.17) is 9.47 Å². The van der Waals surface area contributed by atoms with Crippen LogP contribution in [0, 0.1) is 0 Å². The molecule has 166 valence electrons. The third kappa shape index (κ3) is 3.83. The number of sulfone groups is 1. The molecule has 1 N–H and O–H groups in total. The number of rotatable bonds is 5. The van der Waals surface area contributed by atoms with E-state index >= 15 is 0 Å². The molecule has 1 amide bonds. The molecule has 4 aromatic rings.